The van der Waals surface area contributed by atoms with Crippen molar-refractivity contribution in [1.82, 2.24) is 15.5 Å². The molecular weight excluding hydrogens is 324 g/mol. The smallest absolute Gasteiger partial charge is 0.334 e. The molecule has 0 saturated heterocycles. The Hall–Kier alpha value is -2.02. The van der Waals surface area contributed by atoms with Crippen LogP contribution in [0, 0.1) is 0 Å². The van der Waals surface area contributed by atoms with Gasteiger partial charge in [0.25, 0.3) is 0 Å². The van der Waals surface area contributed by atoms with Crippen molar-refractivity contribution in [3.8, 4) is 0 Å². The maximum absolute atomic E-state index is 12.2. The second-order valence-corrected chi connectivity index (χ2v) is 5.98. The normalized spacial score (nSPS) is 11.0. The Morgan fingerprint density at radius 2 is 1.75 bits per heavy atom. The first-order valence-corrected chi connectivity index (χ1v) is 9.33. The molecule has 0 fully saturated rings. The number of aliphatic imine (C=N–C) groups is 1. The van der Waals surface area contributed by atoms with Crippen molar-refractivity contribution in [2.75, 3.05) is 19.3 Å². The third kappa shape index (κ3) is 7.50. The van der Waals surface area contributed by atoms with Crippen LogP contribution in [-0.4, -0.2) is 41.5 Å². The summed E-state index contributed by atoms with van der Waals surface area (Å²) < 4.78 is 0. The molecule has 7 heteroatoms. The van der Waals surface area contributed by atoms with Gasteiger partial charge in [-0.2, -0.15) is 4.99 Å². The van der Waals surface area contributed by atoms with Crippen LogP contribution in [0.4, 0.5) is 9.59 Å². The number of hydrogen-bond acceptors (Lipinski definition) is 3. The van der Waals surface area contributed by atoms with Crippen molar-refractivity contribution >= 4 is 29.0 Å². The molecule has 0 bridgehead atoms. The molecule has 2 N–H and O–H groups in total. The van der Waals surface area contributed by atoms with Crippen LogP contribution in [0.5, 0.6) is 0 Å². The van der Waals surface area contributed by atoms with Gasteiger partial charge in [-0.25, -0.2) is 9.59 Å². The molecule has 0 spiro atoms. The number of nitrogens with zero attached hydrogens (tertiary/aromatic N) is 2. The fourth-order valence-corrected chi connectivity index (χ4v) is 2.41. The molecule has 0 aliphatic heterocycles. The second kappa shape index (κ2) is 11.5. The molecule has 1 rings (SSSR count). The van der Waals surface area contributed by atoms with E-state index in [2.05, 4.69) is 15.6 Å². The van der Waals surface area contributed by atoms with Crippen LogP contribution in [0.2, 0.25) is 0 Å². The highest BCUT2D eigenvalue weighted by Gasteiger charge is 2.13. The summed E-state index contributed by atoms with van der Waals surface area (Å²) in [7, 11) is 0. The molecule has 4 amide bonds. The summed E-state index contributed by atoms with van der Waals surface area (Å²) in [6.45, 7) is 5.78. The molecule has 6 nitrogen and oxygen atoms in total. The lowest BCUT2D eigenvalue weighted by molar-refractivity contribution is 0.208. The van der Waals surface area contributed by atoms with E-state index in [0.717, 1.165) is 18.4 Å². The molecule has 24 heavy (non-hydrogen) atoms. The zero-order valence-electron chi connectivity index (χ0n) is 14.5. The lowest BCUT2D eigenvalue weighted by Crippen LogP contribution is -2.39. The molecule has 1 aromatic carbocycles. The maximum Gasteiger partial charge on any atom is 0.345 e. The van der Waals surface area contributed by atoms with Crippen molar-refractivity contribution in [3.05, 3.63) is 35.9 Å². The van der Waals surface area contributed by atoms with Crippen LogP contribution >= 0.6 is 11.8 Å². The zero-order valence-corrected chi connectivity index (χ0v) is 15.4. The van der Waals surface area contributed by atoms with Crippen LogP contribution < -0.4 is 10.6 Å². The summed E-state index contributed by atoms with van der Waals surface area (Å²) in [6, 6.07) is 8.92. The highest BCUT2D eigenvalue weighted by atomic mass is 32.2. The lowest BCUT2D eigenvalue weighted by Gasteiger charge is -2.19. The zero-order chi connectivity index (χ0) is 17.8. The Balaban J connectivity index is 2.57. The Kier molecular flexibility index (Phi) is 9.60. The van der Waals surface area contributed by atoms with E-state index in [9.17, 15) is 9.59 Å². The minimum Gasteiger partial charge on any atom is -0.334 e. The Labute approximate surface area is 148 Å². The van der Waals surface area contributed by atoms with Crippen molar-refractivity contribution in [3.63, 3.8) is 0 Å². The molecule has 0 aliphatic carbocycles. The Morgan fingerprint density at radius 3 is 2.29 bits per heavy atom. The van der Waals surface area contributed by atoms with Crippen LogP contribution in [0.15, 0.2) is 35.3 Å². The van der Waals surface area contributed by atoms with Gasteiger partial charge in [-0.05, 0) is 24.7 Å². The van der Waals surface area contributed by atoms with Crippen molar-refractivity contribution < 1.29 is 9.59 Å². The van der Waals surface area contributed by atoms with Crippen LogP contribution in [0.25, 0.3) is 0 Å². The van der Waals surface area contributed by atoms with E-state index in [0.29, 0.717) is 24.8 Å². The minimum atomic E-state index is -0.378. The minimum absolute atomic E-state index is 0.294. The molecule has 0 saturated carbocycles. The third-order valence-corrected chi connectivity index (χ3v) is 3.74. The quantitative estimate of drug-likeness (QED) is 0.609. The second-order valence-electron chi connectivity index (χ2n) is 5.18. The van der Waals surface area contributed by atoms with E-state index in [1.165, 1.54) is 11.8 Å². The van der Waals surface area contributed by atoms with E-state index in [1.54, 1.807) is 11.2 Å². The van der Waals surface area contributed by atoms with Gasteiger partial charge >= 0.3 is 12.1 Å². The van der Waals surface area contributed by atoms with Gasteiger partial charge in [0, 0.05) is 19.6 Å². The van der Waals surface area contributed by atoms with E-state index in [1.807, 2.05) is 44.2 Å². The first kappa shape index (κ1) is 20.0. The van der Waals surface area contributed by atoms with Crippen molar-refractivity contribution in [2.45, 2.75) is 33.2 Å². The summed E-state index contributed by atoms with van der Waals surface area (Å²) in [5.74, 6) is 0. The van der Waals surface area contributed by atoms with Crippen LogP contribution in [0.3, 0.4) is 0 Å². The predicted octanol–water partition coefficient (Wildman–Crippen LogP) is 3.45. The molecule has 1 aromatic rings. The number of carbonyl (C=O) groups excluding carboxylic acids is 2. The Bertz CT molecular complexity index is 543. The number of benzene rings is 1. The lowest BCUT2D eigenvalue weighted by atomic mass is 10.2. The number of hydrogen-bond donors (Lipinski definition) is 2. The summed E-state index contributed by atoms with van der Waals surface area (Å²) in [5.41, 5.74) is 1.00. The van der Waals surface area contributed by atoms with E-state index in [4.69, 9.17) is 0 Å². The first-order valence-electron chi connectivity index (χ1n) is 8.11. The topological polar surface area (TPSA) is 73.8 Å². The van der Waals surface area contributed by atoms with E-state index in [-0.39, 0.29) is 12.1 Å². The fourth-order valence-electron chi connectivity index (χ4n) is 2.04. The summed E-state index contributed by atoms with van der Waals surface area (Å²) >= 11 is 1.23. The third-order valence-electron chi connectivity index (χ3n) is 3.16. The van der Waals surface area contributed by atoms with E-state index < -0.39 is 0 Å². The molecule has 0 unspecified atom stereocenters. The molecule has 0 radical (unpaired) electrons. The van der Waals surface area contributed by atoms with Gasteiger partial charge in [-0.15, -0.1) is 0 Å². The number of nitrogens with one attached hydrogen (secondary N) is 2. The van der Waals surface area contributed by atoms with Crippen molar-refractivity contribution in [1.29, 1.82) is 0 Å². The first-order chi connectivity index (χ1) is 11.6. The predicted molar refractivity (Wildman–Crippen MR) is 100 cm³/mol. The van der Waals surface area contributed by atoms with Gasteiger partial charge in [0.15, 0.2) is 5.17 Å². The number of rotatable bonds is 6. The van der Waals surface area contributed by atoms with Gasteiger partial charge in [-0.3, -0.25) is 5.32 Å². The van der Waals surface area contributed by atoms with E-state index >= 15 is 0 Å². The monoisotopic (exact) mass is 350 g/mol. The number of thioether (sulfide) groups is 1. The highest BCUT2D eigenvalue weighted by Crippen LogP contribution is 2.03. The van der Waals surface area contributed by atoms with Crippen molar-refractivity contribution in [2.24, 2.45) is 4.99 Å². The molecule has 132 valence electrons. The average Bonchev–Trinajstić information content (AvgIpc) is 2.60. The summed E-state index contributed by atoms with van der Waals surface area (Å²) in [6.07, 6.45) is 3.52. The van der Waals surface area contributed by atoms with Crippen LogP contribution in [-0.2, 0) is 6.54 Å². The van der Waals surface area contributed by atoms with Gasteiger partial charge in [0.1, 0.15) is 0 Å². The molecular formula is C17H26N4O2S. The number of carbonyl (C=O) groups is 2. The highest BCUT2D eigenvalue weighted by molar-refractivity contribution is 8.13. The average molecular weight is 350 g/mol. The molecule has 0 aliphatic rings. The Morgan fingerprint density at radius 1 is 1.12 bits per heavy atom. The fraction of sp³-hybridized carbons (Fsp3) is 0.471. The number of amidine groups is 1. The maximum atomic E-state index is 12.2. The van der Waals surface area contributed by atoms with Gasteiger partial charge in [-0.1, -0.05) is 55.9 Å². The van der Waals surface area contributed by atoms with Crippen LogP contribution in [0.1, 0.15) is 32.3 Å². The molecule has 0 atom stereocenters. The summed E-state index contributed by atoms with van der Waals surface area (Å²) in [5, 5.41) is 5.66. The SMILES string of the molecule is CCCN(CCC)C(=O)N=C(NC(=O)NCc1ccccc1)SC. The molecule has 0 aromatic heterocycles. The van der Waals surface area contributed by atoms with Gasteiger partial charge < -0.3 is 10.2 Å². The standard InChI is InChI=1S/C17H26N4O2S/c1-4-11-21(12-5-2)17(23)20-16(24-3)19-15(22)18-13-14-9-7-6-8-10-14/h6-10H,4-5,11-13H2,1-3H3,(H2,18,19,20,22,23). The number of amides is 4. The van der Waals surface area contributed by atoms with Gasteiger partial charge in [0.05, 0.1) is 0 Å². The van der Waals surface area contributed by atoms with Gasteiger partial charge in [0.2, 0.25) is 0 Å². The number of urea groups is 2. The summed E-state index contributed by atoms with van der Waals surface area (Å²) in [4.78, 5) is 29.9. The largest absolute Gasteiger partial charge is 0.345 e. The molecule has 0 heterocycles.